The number of sulfonamides is 1. The van der Waals surface area contributed by atoms with Crippen molar-refractivity contribution in [1.29, 1.82) is 0 Å². The molecule has 2 rings (SSSR count). The molecule has 2 unspecified atom stereocenters. The molecule has 1 heterocycles. The molecule has 0 aliphatic heterocycles. The van der Waals surface area contributed by atoms with Gasteiger partial charge in [-0.1, -0.05) is 29.3 Å². The molecule has 9 heteroatoms. The number of carbonyl (C=O) groups is 1. The van der Waals surface area contributed by atoms with E-state index in [2.05, 4.69) is 10.0 Å². The molecule has 0 fully saturated rings. The third-order valence-electron chi connectivity index (χ3n) is 3.94. The Morgan fingerprint density at radius 3 is 2.44 bits per heavy atom. The molecule has 0 aliphatic carbocycles. The van der Waals surface area contributed by atoms with Crippen LogP contribution in [0.4, 0.5) is 0 Å². The highest BCUT2D eigenvalue weighted by molar-refractivity contribution is 7.98. The molecule has 2 atom stereocenters. The highest BCUT2D eigenvalue weighted by atomic mass is 35.5. The molecule has 1 aromatic heterocycles. The van der Waals surface area contributed by atoms with Crippen LogP contribution in [0.3, 0.4) is 0 Å². The Hall–Kier alpha value is -1.06. The Kier molecular flexibility index (Phi) is 8.18. The Bertz CT molecular complexity index is 866. The zero-order valence-electron chi connectivity index (χ0n) is 15.4. The monoisotopic (exact) mass is 446 g/mol. The fraction of sp³-hybridized carbons (Fsp3) is 0.389. The number of benzene rings is 1. The molecule has 0 saturated heterocycles. The molecular weight excluding hydrogens is 424 g/mol. The lowest BCUT2D eigenvalue weighted by molar-refractivity contribution is -0.123. The molecule has 0 radical (unpaired) electrons. The number of hydrogen-bond acceptors (Lipinski definition) is 5. The third kappa shape index (κ3) is 6.50. The van der Waals surface area contributed by atoms with Gasteiger partial charge in [0.15, 0.2) is 0 Å². The maximum atomic E-state index is 12.7. The fourth-order valence-corrected chi connectivity index (χ4v) is 5.16. The van der Waals surface area contributed by atoms with Gasteiger partial charge >= 0.3 is 0 Å². The molecule has 0 bridgehead atoms. The van der Waals surface area contributed by atoms with E-state index >= 15 is 0 Å². The summed E-state index contributed by atoms with van der Waals surface area (Å²) in [5, 5.41) is 2.88. The van der Waals surface area contributed by atoms with Crippen molar-refractivity contribution >= 4 is 50.6 Å². The van der Waals surface area contributed by atoms with Crippen molar-refractivity contribution in [2.75, 3.05) is 12.0 Å². The van der Waals surface area contributed by atoms with Crippen LogP contribution in [0.25, 0.3) is 0 Å². The minimum Gasteiger partial charge on any atom is -0.347 e. The van der Waals surface area contributed by atoms with E-state index in [9.17, 15) is 13.2 Å². The highest BCUT2D eigenvalue weighted by Gasteiger charge is 2.26. The van der Waals surface area contributed by atoms with Crippen molar-refractivity contribution in [3.8, 4) is 0 Å². The quantitative estimate of drug-likeness (QED) is 0.610. The highest BCUT2D eigenvalue weighted by Crippen LogP contribution is 2.26. The van der Waals surface area contributed by atoms with E-state index in [-0.39, 0.29) is 16.8 Å². The molecule has 27 heavy (non-hydrogen) atoms. The zero-order valence-corrected chi connectivity index (χ0v) is 18.6. The molecular formula is C18H23ClN2O3S3. The summed E-state index contributed by atoms with van der Waals surface area (Å²) in [6.07, 6.45) is 2.32. The molecule has 0 spiro atoms. The minimum absolute atomic E-state index is 0.146. The number of halogens is 1. The summed E-state index contributed by atoms with van der Waals surface area (Å²) < 4.78 is 28.5. The third-order valence-corrected chi connectivity index (χ3v) is 7.48. The summed E-state index contributed by atoms with van der Waals surface area (Å²) in [4.78, 5) is 13.8. The molecule has 1 aromatic carbocycles. The Balaban J connectivity index is 2.13. The number of hydrogen-bond donors (Lipinski definition) is 2. The first-order valence-electron chi connectivity index (χ1n) is 8.36. The van der Waals surface area contributed by atoms with Gasteiger partial charge < -0.3 is 5.32 Å². The second kappa shape index (κ2) is 9.93. The topological polar surface area (TPSA) is 75.3 Å². The van der Waals surface area contributed by atoms with Crippen molar-refractivity contribution in [2.24, 2.45) is 0 Å². The van der Waals surface area contributed by atoms with Crippen LogP contribution in [0.1, 0.15) is 29.8 Å². The lowest BCUT2D eigenvalue weighted by Crippen LogP contribution is -2.47. The Morgan fingerprint density at radius 2 is 1.89 bits per heavy atom. The first-order chi connectivity index (χ1) is 12.7. The SMILES string of the molecule is CSCCC(NS(=O)(=O)c1ccc(C)cc1)C(=O)NC(C)c1ccc(Cl)s1. The molecule has 2 N–H and O–H groups in total. The Labute approximate surface area is 173 Å². The first-order valence-corrected chi connectivity index (χ1v) is 12.4. The number of nitrogens with one attached hydrogen (secondary N) is 2. The molecule has 148 valence electrons. The fourth-order valence-electron chi connectivity index (χ4n) is 2.40. The average Bonchev–Trinajstić information content (AvgIpc) is 3.05. The summed E-state index contributed by atoms with van der Waals surface area (Å²) >= 11 is 8.90. The van der Waals surface area contributed by atoms with Crippen LogP contribution in [-0.2, 0) is 14.8 Å². The average molecular weight is 447 g/mol. The summed E-state index contributed by atoms with van der Waals surface area (Å²) in [7, 11) is -3.79. The largest absolute Gasteiger partial charge is 0.347 e. The first kappa shape index (κ1) is 22.2. The van der Waals surface area contributed by atoms with E-state index in [4.69, 9.17) is 11.6 Å². The van der Waals surface area contributed by atoms with Gasteiger partial charge in [0.1, 0.15) is 6.04 Å². The lowest BCUT2D eigenvalue weighted by atomic mass is 10.2. The lowest BCUT2D eigenvalue weighted by Gasteiger charge is -2.21. The number of aryl methyl sites for hydroxylation is 1. The summed E-state index contributed by atoms with van der Waals surface area (Å²) in [6, 6.07) is 9.07. The van der Waals surface area contributed by atoms with Gasteiger partial charge in [-0.3, -0.25) is 4.79 Å². The van der Waals surface area contributed by atoms with Crippen LogP contribution in [-0.4, -0.2) is 32.4 Å². The number of thioether (sulfide) groups is 1. The zero-order chi connectivity index (χ0) is 20.0. The van der Waals surface area contributed by atoms with Gasteiger partial charge in [-0.2, -0.15) is 16.5 Å². The van der Waals surface area contributed by atoms with Gasteiger partial charge in [-0.15, -0.1) is 11.3 Å². The summed E-state index contributed by atoms with van der Waals surface area (Å²) in [6.45, 7) is 3.73. The standard InChI is InChI=1S/C18H23ClN2O3S3/c1-12-4-6-14(7-5-12)27(23,24)21-15(10-11-25-3)18(22)20-13(2)16-8-9-17(19)26-16/h4-9,13,15,21H,10-11H2,1-3H3,(H,20,22). The van der Waals surface area contributed by atoms with Crippen LogP contribution in [0.5, 0.6) is 0 Å². The van der Waals surface area contributed by atoms with Crippen LogP contribution in [0.15, 0.2) is 41.3 Å². The normalized spacial score (nSPS) is 13.9. The molecule has 0 aliphatic rings. The molecule has 1 amide bonds. The second-order valence-corrected chi connectivity index (χ2v) is 10.6. The van der Waals surface area contributed by atoms with Gasteiger partial charge in [-0.05, 0) is 56.5 Å². The van der Waals surface area contributed by atoms with E-state index in [0.717, 1.165) is 10.4 Å². The van der Waals surface area contributed by atoms with Gasteiger partial charge in [0.25, 0.3) is 0 Å². The molecule has 0 saturated carbocycles. The van der Waals surface area contributed by atoms with E-state index in [1.165, 1.54) is 23.5 Å². The van der Waals surface area contributed by atoms with Gasteiger partial charge in [0.05, 0.1) is 15.3 Å². The van der Waals surface area contributed by atoms with E-state index in [1.807, 2.05) is 26.2 Å². The Morgan fingerprint density at radius 1 is 1.22 bits per heavy atom. The molecule has 5 nitrogen and oxygen atoms in total. The maximum Gasteiger partial charge on any atom is 0.241 e. The van der Waals surface area contributed by atoms with Crippen molar-refractivity contribution in [1.82, 2.24) is 10.0 Å². The smallest absolute Gasteiger partial charge is 0.241 e. The number of carbonyl (C=O) groups excluding carboxylic acids is 1. The van der Waals surface area contributed by atoms with E-state index in [1.54, 1.807) is 30.0 Å². The summed E-state index contributed by atoms with van der Waals surface area (Å²) in [5.74, 6) is 0.310. The van der Waals surface area contributed by atoms with Gasteiger partial charge in [0.2, 0.25) is 15.9 Å². The van der Waals surface area contributed by atoms with Crippen LogP contribution in [0.2, 0.25) is 4.34 Å². The number of amides is 1. The number of rotatable bonds is 9. The van der Waals surface area contributed by atoms with Crippen LogP contribution in [0, 0.1) is 6.92 Å². The van der Waals surface area contributed by atoms with Crippen molar-refractivity contribution < 1.29 is 13.2 Å². The molecule has 2 aromatic rings. The van der Waals surface area contributed by atoms with Crippen molar-refractivity contribution in [3.05, 3.63) is 51.2 Å². The van der Waals surface area contributed by atoms with E-state index in [0.29, 0.717) is 16.5 Å². The second-order valence-electron chi connectivity index (χ2n) is 6.14. The number of thiophene rings is 1. The predicted molar refractivity (Wildman–Crippen MR) is 114 cm³/mol. The van der Waals surface area contributed by atoms with Gasteiger partial charge in [0, 0.05) is 4.88 Å². The summed E-state index contributed by atoms with van der Waals surface area (Å²) in [5.41, 5.74) is 0.967. The van der Waals surface area contributed by atoms with Crippen LogP contribution >= 0.6 is 34.7 Å². The van der Waals surface area contributed by atoms with E-state index < -0.39 is 16.1 Å². The minimum atomic E-state index is -3.79. The predicted octanol–water partition coefficient (Wildman–Crippen LogP) is 3.99. The van der Waals surface area contributed by atoms with Gasteiger partial charge in [-0.25, -0.2) is 8.42 Å². The van der Waals surface area contributed by atoms with Crippen LogP contribution < -0.4 is 10.0 Å². The van der Waals surface area contributed by atoms with Crippen molar-refractivity contribution in [2.45, 2.75) is 37.2 Å². The maximum absolute atomic E-state index is 12.7. The van der Waals surface area contributed by atoms with Crippen molar-refractivity contribution in [3.63, 3.8) is 0 Å².